The van der Waals surface area contributed by atoms with E-state index in [0.717, 1.165) is 53.9 Å². The quantitative estimate of drug-likeness (QED) is 0.402. The molecule has 5 nitrogen and oxygen atoms in total. The molecule has 0 bridgehead atoms. The molecular weight excluding hydrogens is 408 g/mol. The van der Waals surface area contributed by atoms with Gasteiger partial charge < -0.3 is 10.2 Å². The summed E-state index contributed by atoms with van der Waals surface area (Å²) in [5.41, 5.74) is 6.17. The highest BCUT2D eigenvalue weighted by atomic mass is 16.1. The molecule has 0 spiro atoms. The lowest BCUT2D eigenvalue weighted by Crippen LogP contribution is -2.25. The summed E-state index contributed by atoms with van der Waals surface area (Å²) in [5, 5.41) is 3.11. The maximum atomic E-state index is 12.7. The number of benzene rings is 2. The smallest absolute Gasteiger partial charge is 0.251 e. The number of carbonyl (C=O) groups excluding carboxylic acids is 1. The van der Waals surface area contributed by atoms with Gasteiger partial charge in [-0.2, -0.15) is 0 Å². The Bertz CT molecular complexity index is 1170. The molecule has 1 fully saturated rings. The molecule has 5 heteroatoms. The van der Waals surface area contributed by atoms with Crippen molar-refractivity contribution in [2.45, 2.75) is 25.3 Å². The Morgan fingerprint density at radius 2 is 1.58 bits per heavy atom. The second kappa shape index (κ2) is 9.65. The lowest BCUT2D eigenvalue weighted by Gasteiger charge is -2.25. The third-order valence-electron chi connectivity index (χ3n) is 5.88. The molecule has 1 N–H and O–H groups in total. The standard InChI is InChI=1S/C28H26N4O/c33-28(31-24-11-12-24)23-10-13-27(21-6-2-1-3-7-21)22(18-23)14-17-32(25-8-4-15-29-19-25)26-9-5-16-30-20-26/h1-10,13,15-16,18-20,24H,11-12,14,17H2,(H,31,33). The average Bonchev–Trinajstić information content (AvgIpc) is 3.70. The number of hydrogen-bond acceptors (Lipinski definition) is 4. The normalized spacial score (nSPS) is 12.8. The number of pyridine rings is 2. The van der Waals surface area contributed by atoms with E-state index in [1.165, 1.54) is 0 Å². The summed E-state index contributed by atoms with van der Waals surface area (Å²) in [7, 11) is 0. The monoisotopic (exact) mass is 434 g/mol. The van der Waals surface area contributed by atoms with Crippen molar-refractivity contribution in [1.29, 1.82) is 0 Å². The van der Waals surface area contributed by atoms with E-state index in [9.17, 15) is 4.79 Å². The van der Waals surface area contributed by atoms with Crippen LogP contribution >= 0.6 is 0 Å². The van der Waals surface area contributed by atoms with E-state index >= 15 is 0 Å². The molecule has 33 heavy (non-hydrogen) atoms. The van der Waals surface area contributed by atoms with Crippen LogP contribution in [0.1, 0.15) is 28.8 Å². The summed E-state index contributed by atoms with van der Waals surface area (Å²) < 4.78 is 0. The van der Waals surface area contributed by atoms with Gasteiger partial charge >= 0.3 is 0 Å². The van der Waals surface area contributed by atoms with Crippen LogP contribution in [0.15, 0.2) is 97.6 Å². The van der Waals surface area contributed by atoms with Gasteiger partial charge in [-0.3, -0.25) is 14.8 Å². The summed E-state index contributed by atoms with van der Waals surface area (Å²) in [6.45, 7) is 0.727. The number of rotatable bonds is 8. The number of nitrogens with zero attached hydrogens (tertiary/aromatic N) is 3. The zero-order chi connectivity index (χ0) is 22.5. The predicted octanol–water partition coefficient (Wildman–Crippen LogP) is 5.42. The molecule has 1 amide bonds. The third kappa shape index (κ3) is 5.09. The maximum absolute atomic E-state index is 12.7. The van der Waals surface area contributed by atoms with Gasteiger partial charge in [-0.1, -0.05) is 36.4 Å². The Morgan fingerprint density at radius 3 is 2.18 bits per heavy atom. The second-order valence-corrected chi connectivity index (χ2v) is 8.31. The lowest BCUT2D eigenvalue weighted by atomic mass is 9.95. The van der Waals surface area contributed by atoms with E-state index < -0.39 is 0 Å². The minimum Gasteiger partial charge on any atom is -0.349 e. The Kier molecular flexibility index (Phi) is 6.11. The minimum atomic E-state index is 0.00902. The molecule has 4 aromatic rings. The Labute approximate surface area is 194 Å². The highest BCUT2D eigenvalue weighted by molar-refractivity contribution is 5.95. The van der Waals surface area contributed by atoms with Crippen LogP contribution in [-0.2, 0) is 6.42 Å². The van der Waals surface area contributed by atoms with Gasteiger partial charge in [0, 0.05) is 30.5 Å². The largest absolute Gasteiger partial charge is 0.349 e. The zero-order valence-electron chi connectivity index (χ0n) is 18.4. The molecule has 2 heterocycles. The van der Waals surface area contributed by atoms with Gasteiger partial charge in [0.05, 0.1) is 23.8 Å². The Morgan fingerprint density at radius 1 is 0.879 bits per heavy atom. The number of nitrogens with one attached hydrogen (secondary N) is 1. The van der Waals surface area contributed by atoms with E-state index in [2.05, 4.69) is 50.5 Å². The summed E-state index contributed by atoms with van der Waals surface area (Å²) >= 11 is 0. The van der Waals surface area contributed by atoms with Gasteiger partial charge in [-0.25, -0.2) is 0 Å². The van der Waals surface area contributed by atoms with Crippen molar-refractivity contribution in [3.63, 3.8) is 0 Å². The molecular formula is C28H26N4O. The minimum absolute atomic E-state index is 0.00902. The highest BCUT2D eigenvalue weighted by Crippen LogP contribution is 2.29. The van der Waals surface area contributed by atoms with Crippen LogP contribution in [0.25, 0.3) is 11.1 Å². The van der Waals surface area contributed by atoms with E-state index in [1.807, 2.05) is 54.9 Å². The van der Waals surface area contributed by atoms with Crippen molar-refractivity contribution in [3.8, 4) is 11.1 Å². The summed E-state index contributed by atoms with van der Waals surface area (Å²) in [4.78, 5) is 23.6. The topological polar surface area (TPSA) is 58.1 Å². The van der Waals surface area contributed by atoms with Gasteiger partial charge in [0.1, 0.15) is 0 Å². The first-order chi connectivity index (χ1) is 16.3. The van der Waals surface area contributed by atoms with Crippen LogP contribution in [0.3, 0.4) is 0 Å². The predicted molar refractivity (Wildman–Crippen MR) is 132 cm³/mol. The van der Waals surface area contributed by atoms with Crippen molar-refractivity contribution >= 4 is 17.3 Å². The second-order valence-electron chi connectivity index (χ2n) is 8.31. The molecule has 0 aliphatic heterocycles. The van der Waals surface area contributed by atoms with Crippen molar-refractivity contribution in [2.24, 2.45) is 0 Å². The molecule has 0 unspecified atom stereocenters. The average molecular weight is 435 g/mol. The Balaban J connectivity index is 1.47. The van der Waals surface area contributed by atoms with E-state index in [4.69, 9.17) is 0 Å². The van der Waals surface area contributed by atoms with E-state index in [-0.39, 0.29) is 5.91 Å². The van der Waals surface area contributed by atoms with Crippen molar-refractivity contribution < 1.29 is 4.79 Å². The van der Waals surface area contributed by atoms with Crippen LogP contribution in [0.2, 0.25) is 0 Å². The molecule has 5 rings (SSSR count). The van der Waals surface area contributed by atoms with E-state index in [0.29, 0.717) is 11.6 Å². The SMILES string of the molecule is O=C(NC1CC1)c1ccc(-c2ccccc2)c(CCN(c2cccnc2)c2cccnc2)c1. The third-order valence-corrected chi connectivity index (χ3v) is 5.88. The van der Waals surface area contributed by atoms with E-state index in [1.54, 1.807) is 12.4 Å². The van der Waals surface area contributed by atoms with Crippen molar-refractivity contribution in [3.05, 3.63) is 109 Å². The number of carbonyl (C=O) groups is 1. The number of hydrogen-bond donors (Lipinski definition) is 1. The lowest BCUT2D eigenvalue weighted by molar-refractivity contribution is 0.0951. The van der Waals surface area contributed by atoms with Gasteiger partial charge in [-0.15, -0.1) is 0 Å². The fourth-order valence-electron chi connectivity index (χ4n) is 4.00. The number of aromatic nitrogens is 2. The van der Waals surface area contributed by atoms with Crippen LogP contribution in [0, 0.1) is 0 Å². The molecule has 2 aromatic carbocycles. The first-order valence-electron chi connectivity index (χ1n) is 11.3. The fraction of sp³-hybridized carbons (Fsp3) is 0.179. The van der Waals surface area contributed by atoms with Gasteiger partial charge in [0.15, 0.2) is 0 Å². The molecule has 164 valence electrons. The summed E-state index contributed by atoms with van der Waals surface area (Å²) in [6, 6.07) is 24.7. The summed E-state index contributed by atoms with van der Waals surface area (Å²) in [5.74, 6) is 0.00902. The van der Waals surface area contributed by atoms with Gasteiger partial charge in [0.25, 0.3) is 5.91 Å². The van der Waals surface area contributed by atoms with Gasteiger partial charge in [0.2, 0.25) is 0 Å². The maximum Gasteiger partial charge on any atom is 0.251 e. The molecule has 1 aliphatic carbocycles. The highest BCUT2D eigenvalue weighted by Gasteiger charge is 2.24. The van der Waals surface area contributed by atoms with Crippen LogP contribution < -0.4 is 10.2 Å². The zero-order valence-corrected chi connectivity index (χ0v) is 18.4. The molecule has 0 saturated heterocycles. The van der Waals surface area contributed by atoms with Crippen LogP contribution in [0.4, 0.5) is 11.4 Å². The molecule has 1 aliphatic rings. The number of anilines is 2. The molecule has 2 aromatic heterocycles. The fourth-order valence-corrected chi connectivity index (χ4v) is 4.00. The van der Waals surface area contributed by atoms with Crippen molar-refractivity contribution in [1.82, 2.24) is 15.3 Å². The van der Waals surface area contributed by atoms with Crippen molar-refractivity contribution in [2.75, 3.05) is 11.4 Å². The van der Waals surface area contributed by atoms with Crippen LogP contribution in [0.5, 0.6) is 0 Å². The molecule has 1 saturated carbocycles. The Hall–Kier alpha value is -3.99. The van der Waals surface area contributed by atoms with Gasteiger partial charge in [-0.05, 0) is 72.4 Å². The molecule has 0 radical (unpaired) electrons. The van der Waals surface area contributed by atoms with Crippen LogP contribution in [-0.4, -0.2) is 28.5 Å². The first kappa shape index (κ1) is 20.9. The number of amides is 1. The molecule has 0 atom stereocenters. The first-order valence-corrected chi connectivity index (χ1v) is 11.3. The summed E-state index contributed by atoms with van der Waals surface area (Å²) in [6.07, 6.45) is 10.2.